The molecule has 0 atom stereocenters. The number of nitrogens with zero attached hydrogens (tertiary/aromatic N) is 2. The van der Waals surface area contributed by atoms with Crippen molar-refractivity contribution in [2.75, 3.05) is 5.43 Å². The number of hydrogen-bond donors (Lipinski definition) is 1. The van der Waals surface area contributed by atoms with Gasteiger partial charge in [0, 0.05) is 22.7 Å². The predicted molar refractivity (Wildman–Crippen MR) is 80.8 cm³/mol. The van der Waals surface area contributed by atoms with Gasteiger partial charge in [0.1, 0.15) is 0 Å². The zero-order chi connectivity index (χ0) is 14.5. The smallest absolute Gasteiger partial charge is 0.271 e. The maximum Gasteiger partial charge on any atom is 0.271 e. The Morgan fingerprint density at radius 3 is 2.70 bits per heavy atom. The zero-order valence-electron chi connectivity index (χ0n) is 10.1. The molecule has 20 heavy (non-hydrogen) atoms. The van der Waals surface area contributed by atoms with Gasteiger partial charge in [-0.25, -0.2) is 0 Å². The van der Waals surface area contributed by atoms with Crippen LogP contribution in [0.5, 0.6) is 0 Å². The van der Waals surface area contributed by atoms with Gasteiger partial charge in [-0.1, -0.05) is 35.3 Å². The molecule has 0 bridgehead atoms. The van der Waals surface area contributed by atoms with Crippen LogP contribution in [0.2, 0.25) is 10.0 Å². The van der Waals surface area contributed by atoms with Crippen LogP contribution in [0.25, 0.3) is 0 Å². The molecule has 0 unspecified atom stereocenters. The third kappa shape index (κ3) is 3.69. The van der Waals surface area contributed by atoms with Crippen LogP contribution in [0, 0.1) is 10.1 Å². The number of benzene rings is 2. The number of non-ortho nitro benzene ring substituents is 1. The van der Waals surface area contributed by atoms with Gasteiger partial charge in [0.2, 0.25) is 0 Å². The number of hydrogen-bond acceptors (Lipinski definition) is 4. The number of nitrogens with one attached hydrogen (secondary N) is 1. The highest BCUT2D eigenvalue weighted by Crippen LogP contribution is 2.20. The van der Waals surface area contributed by atoms with Crippen molar-refractivity contribution in [2.45, 2.75) is 0 Å². The van der Waals surface area contributed by atoms with E-state index in [-0.39, 0.29) is 5.69 Å². The van der Waals surface area contributed by atoms with Crippen LogP contribution in [-0.4, -0.2) is 11.1 Å². The SMILES string of the molecule is O=[N+]([O-])c1cccc(N/N=C/c2ccc(Cl)cc2Cl)c1. The van der Waals surface area contributed by atoms with Gasteiger partial charge in [0.05, 0.1) is 21.8 Å². The Labute approximate surface area is 125 Å². The normalized spacial score (nSPS) is 10.7. The van der Waals surface area contributed by atoms with E-state index in [0.717, 1.165) is 0 Å². The van der Waals surface area contributed by atoms with Crippen LogP contribution in [0.3, 0.4) is 0 Å². The van der Waals surface area contributed by atoms with Gasteiger partial charge < -0.3 is 0 Å². The minimum atomic E-state index is -0.467. The van der Waals surface area contributed by atoms with Crippen molar-refractivity contribution >= 4 is 40.8 Å². The van der Waals surface area contributed by atoms with Crippen molar-refractivity contribution < 1.29 is 4.92 Å². The summed E-state index contributed by atoms with van der Waals surface area (Å²) in [6.07, 6.45) is 1.51. The summed E-state index contributed by atoms with van der Waals surface area (Å²) in [5.41, 5.74) is 3.90. The molecule has 2 aromatic rings. The van der Waals surface area contributed by atoms with Gasteiger partial charge in [0.15, 0.2) is 0 Å². The van der Waals surface area contributed by atoms with Gasteiger partial charge in [0.25, 0.3) is 5.69 Å². The summed E-state index contributed by atoms with van der Waals surface area (Å²) in [7, 11) is 0. The van der Waals surface area contributed by atoms with Crippen molar-refractivity contribution in [2.24, 2.45) is 5.10 Å². The third-order valence-corrected chi connectivity index (χ3v) is 2.98. The molecule has 2 rings (SSSR count). The van der Waals surface area contributed by atoms with Crippen LogP contribution in [0.4, 0.5) is 11.4 Å². The van der Waals surface area contributed by atoms with E-state index < -0.39 is 4.92 Å². The maximum atomic E-state index is 10.6. The minimum absolute atomic E-state index is 0.00488. The predicted octanol–water partition coefficient (Wildman–Crippen LogP) is 4.35. The quantitative estimate of drug-likeness (QED) is 0.518. The van der Waals surface area contributed by atoms with E-state index >= 15 is 0 Å². The molecule has 0 aliphatic carbocycles. The highest BCUT2D eigenvalue weighted by atomic mass is 35.5. The number of halogens is 2. The molecule has 0 saturated heterocycles. The van der Waals surface area contributed by atoms with E-state index in [4.69, 9.17) is 23.2 Å². The second kappa shape index (κ2) is 6.36. The third-order valence-electron chi connectivity index (χ3n) is 2.42. The Morgan fingerprint density at radius 2 is 2.00 bits per heavy atom. The monoisotopic (exact) mass is 309 g/mol. The van der Waals surface area contributed by atoms with Crippen molar-refractivity contribution in [3.8, 4) is 0 Å². The topological polar surface area (TPSA) is 67.5 Å². The Morgan fingerprint density at radius 1 is 1.20 bits per heavy atom. The Kier molecular flexibility index (Phi) is 4.55. The summed E-state index contributed by atoms with van der Waals surface area (Å²) < 4.78 is 0. The first-order valence-electron chi connectivity index (χ1n) is 5.55. The average molecular weight is 310 g/mol. The number of rotatable bonds is 4. The molecule has 2 aromatic carbocycles. The standard InChI is InChI=1S/C13H9Cl2N3O2/c14-10-5-4-9(13(15)6-10)8-16-17-11-2-1-3-12(7-11)18(19)20/h1-8,17H/b16-8+. The Balaban J connectivity index is 2.10. The molecular formula is C13H9Cl2N3O2. The van der Waals surface area contributed by atoms with Gasteiger partial charge in [-0.2, -0.15) is 5.10 Å². The van der Waals surface area contributed by atoms with Crippen LogP contribution >= 0.6 is 23.2 Å². The highest BCUT2D eigenvalue weighted by Gasteiger charge is 2.04. The van der Waals surface area contributed by atoms with Crippen molar-refractivity contribution in [1.29, 1.82) is 0 Å². The van der Waals surface area contributed by atoms with Crippen LogP contribution in [0.15, 0.2) is 47.6 Å². The zero-order valence-corrected chi connectivity index (χ0v) is 11.6. The fourth-order valence-electron chi connectivity index (χ4n) is 1.47. The van der Waals surface area contributed by atoms with Crippen LogP contribution in [-0.2, 0) is 0 Å². The Bertz CT molecular complexity index is 674. The highest BCUT2D eigenvalue weighted by molar-refractivity contribution is 6.36. The van der Waals surface area contributed by atoms with E-state index in [0.29, 0.717) is 21.3 Å². The van der Waals surface area contributed by atoms with E-state index in [9.17, 15) is 10.1 Å². The molecule has 0 aliphatic rings. The van der Waals surface area contributed by atoms with Crippen molar-refractivity contribution in [3.05, 3.63) is 68.2 Å². The first-order valence-corrected chi connectivity index (χ1v) is 6.30. The molecule has 0 spiro atoms. The minimum Gasteiger partial charge on any atom is -0.278 e. The molecule has 0 saturated carbocycles. The van der Waals surface area contributed by atoms with E-state index in [1.165, 1.54) is 18.3 Å². The molecule has 5 nitrogen and oxygen atoms in total. The second-order valence-electron chi connectivity index (χ2n) is 3.84. The van der Waals surface area contributed by atoms with Gasteiger partial charge >= 0.3 is 0 Å². The van der Waals surface area contributed by atoms with E-state index in [1.807, 2.05) is 0 Å². The number of hydrazone groups is 1. The summed E-state index contributed by atoms with van der Waals surface area (Å²) in [6.45, 7) is 0. The lowest BCUT2D eigenvalue weighted by Crippen LogP contribution is -1.93. The summed E-state index contributed by atoms with van der Waals surface area (Å²) >= 11 is 11.8. The molecule has 102 valence electrons. The molecule has 0 fully saturated rings. The molecule has 0 radical (unpaired) electrons. The molecular weight excluding hydrogens is 301 g/mol. The lowest BCUT2D eigenvalue weighted by molar-refractivity contribution is -0.384. The first-order chi connectivity index (χ1) is 9.56. The van der Waals surface area contributed by atoms with Gasteiger partial charge in [-0.3, -0.25) is 15.5 Å². The fraction of sp³-hybridized carbons (Fsp3) is 0. The molecule has 0 aromatic heterocycles. The first kappa shape index (κ1) is 14.3. The van der Waals surface area contributed by atoms with Gasteiger partial charge in [-0.05, 0) is 18.2 Å². The summed E-state index contributed by atoms with van der Waals surface area (Å²) in [5.74, 6) is 0. The van der Waals surface area contributed by atoms with Gasteiger partial charge in [-0.15, -0.1) is 0 Å². The number of nitro benzene ring substituents is 1. The van der Waals surface area contributed by atoms with Crippen molar-refractivity contribution in [1.82, 2.24) is 0 Å². The lowest BCUT2D eigenvalue weighted by atomic mass is 10.2. The van der Waals surface area contributed by atoms with E-state index in [2.05, 4.69) is 10.5 Å². The maximum absolute atomic E-state index is 10.6. The number of nitro groups is 1. The molecule has 0 aliphatic heterocycles. The number of anilines is 1. The lowest BCUT2D eigenvalue weighted by Gasteiger charge is -2.01. The molecule has 0 heterocycles. The fourth-order valence-corrected chi connectivity index (χ4v) is 1.93. The summed E-state index contributed by atoms with van der Waals surface area (Å²) in [5, 5.41) is 15.6. The second-order valence-corrected chi connectivity index (χ2v) is 4.69. The van der Waals surface area contributed by atoms with Crippen LogP contribution < -0.4 is 5.43 Å². The largest absolute Gasteiger partial charge is 0.278 e. The molecule has 7 heteroatoms. The van der Waals surface area contributed by atoms with E-state index in [1.54, 1.807) is 30.3 Å². The average Bonchev–Trinajstić information content (AvgIpc) is 2.41. The van der Waals surface area contributed by atoms with Crippen LogP contribution in [0.1, 0.15) is 5.56 Å². The molecule has 0 amide bonds. The van der Waals surface area contributed by atoms with Crippen molar-refractivity contribution in [3.63, 3.8) is 0 Å². The Hall–Kier alpha value is -2.11. The summed E-state index contributed by atoms with van der Waals surface area (Å²) in [4.78, 5) is 10.2. The summed E-state index contributed by atoms with van der Waals surface area (Å²) in [6, 6.07) is 11.1. The molecule has 1 N–H and O–H groups in total.